The predicted molar refractivity (Wildman–Crippen MR) is 169 cm³/mol. The molecule has 0 amide bonds. The van der Waals surface area contributed by atoms with Crippen molar-refractivity contribution in [3.05, 3.63) is 64.0 Å². The molecule has 2 aromatic carbocycles. The largest absolute Gasteiger partial charge is 0.544 e. The monoisotopic (exact) mass is 555 g/mol. The summed E-state index contributed by atoms with van der Waals surface area (Å²) in [5, 5.41) is 13.5. The zero-order valence-corrected chi connectivity index (χ0v) is 28.4. The van der Waals surface area contributed by atoms with E-state index in [1.807, 2.05) is 25.1 Å². The number of aryl methyl sites for hydroxylation is 1. The van der Waals surface area contributed by atoms with Crippen LogP contribution in [0.4, 0.5) is 0 Å². The molecule has 1 N–H and O–H groups in total. The second-order valence-electron chi connectivity index (χ2n) is 14.2. The molecule has 0 aliphatic rings. The molecule has 2 rings (SSSR count). The number of hydrogen-bond acceptors (Lipinski definition) is 4. The minimum absolute atomic E-state index is 0.121. The van der Waals surface area contributed by atoms with E-state index < -0.39 is 22.2 Å². The summed E-state index contributed by atoms with van der Waals surface area (Å²) in [5.74, 6) is 1.13. The van der Waals surface area contributed by atoms with Crippen LogP contribution in [0.5, 0.6) is 5.75 Å². The predicted octanol–water partition coefficient (Wildman–Crippen LogP) is 7.67. The van der Waals surface area contributed by atoms with Crippen molar-refractivity contribution in [1.82, 2.24) is 4.90 Å². The van der Waals surface area contributed by atoms with Gasteiger partial charge in [-0.25, -0.2) is 0 Å². The zero-order chi connectivity index (χ0) is 29.3. The number of benzene rings is 2. The Bertz CT molecular complexity index is 1200. The highest BCUT2D eigenvalue weighted by molar-refractivity contribution is 6.75. The normalized spacial score (nSPS) is 14.3. The van der Waals surface area contributed by atoms with E-state index in [9.17, 15) is 5.11 Å². The molecule has 0 fully saturated rings. The maximum Gasteiger partial charge on any atom is 0.250 e. The summed E-state index contributed by atoms with van der Waals surface area (Å²) in [7, 11) is -3.86. The van der Waals surface area contributed by atoms with Gasteiger partial charge in [0.25, 0.3) is 0 Å². The Morgan fingerprint density at radius 2 is 1.37 bits per heavy atom. The van der Waals surface area contributed by atoms with Crippen molar-refractivity contribution >= 4 is 29.1 Å². The lowest BCUT2D eigenvalue weighted by molar-refractivity contribution is 0.121. The van der Waals surface area contributed by atoms with Gasteiger partial charge in [0, 0.05) is 11.8 Å². The van der Waals surface area contributed by atoms with E-state index in [0.717, 1.165) is 27.3 Å². The Balaban J connectivity index is 2.50. The van der Waals surface area contributed by atoms with Gasteiger partial charge in [0.2, 0.25) is 8.32 Å². The smallest absolute Gasteiger partial charge is 0.250 e. The van der Waals surface area contributed by atoms with E-state index in [1.54, 1.807) is 0 Å². The number of hydrogen-bond donors (Lipinski definition) is 1. The summed E-state index contributed by atoms with van der Waals surface area (Å²) in [6, 6.07) is 14.4. The van der Waals surface area contributed by atoms with Crippen molar-refractivity contribution in [3.63, 3.8) is 0 Å². The Kier molecular flexibility index (Phi) is 9.51. The molecule has 212 valence electrons. The minimum atomic E-state index is -1.93. The number of aliphatic hydroxyl groups is 1. The van der Waals surface area contributed by atoms with E-state index in [-0.39, 0.29) is 16.0 Å². The molecular formula is C32H53NO3Si2. The van der Waals surface area contributed by atoms with Crippen LogP contribution < -0.4 is 14.9 Å². The van der Waals surface area contributed by atoms with Crippen LogP contribution in [0.25, 0.3) is 12.5 Å². The fraction of sp³-hybridized carbons (Fsp3) is 0.562. The minimum Gasteiger partial charge on any atom is -0.544 e. The molecule has 0 atom stereocenters. The first-order chi connectivity index (χ1) is 17.1. The van der Waals surface area contributed by atoms with Gasteiger partial charge in [-0.05, 0) is 86.0 Å². The van der Waals surface area contributed by atoms with Crippen molar-refractivity contribution in [2.45, 2.75) is 104 Å². The van der Waals surface area contributed by atoms with Gasteiger partial charge in [-0.3, -0.25) is 0 Å². The van der Waals surface area contributed by atoms with Crippen LogP contribution in [0.3, 0.4) is 0 Å². The first-order valence-corrected chi connectivity index (χ1v) is 19.6. The molecule has 4 nitrogen and oxygen atoms in total. The first kappa shape index (κ1) is 32.2. The third-order valence-electron chi connectivity index (χ3n) is 8.76. The van der Waals surface area contributed by atoms with Crippen LogP contribution in [-0.4, -0.2) is 39.8 Å². The fourth-order valence-corrected chi connectivity index (χ4v) is 5.90. The molecule has 0 spiro atoms. The van der Waals surface area contributed by atoms with Crippen molar-refractivity contribution in [3.8, 4) is 5.75 Å². The lowest BCUT2D eigenvalue weighted by Crippen LogP contribution is -2.48. The average molecular weight is 556 g/mol. The van der Waals surface area contributed by atoms with E-state index in [1.165, 1.54) is 0 Å². The molecule has 0 aliphatic carbocycles. The van der Waals surface area contributed by atoms with E-state index in [4.69, 9.17) is 8.85 Å². The average Bonchev–Trinajstić information content (AvgIpc) is 2.76. The van der Waals surface area contributed by atoms with Gasteiger partial charge in [0.05, 0.1) is 12.1 Å². The molecular weight excluding hydrogens is 503 g/mol. The Morgan fingerprint density at radius 3 is 1.87 bits per heavy atom. The van der Waals surface area contributed by atoms with Crippen LogP contribution in [0, 0.1) is 6.92 Å². The molecule has 0 aromatic heterocycles. The van der Waals surface area contributed by atoms with E-state index >= 15 is 0 Å². The maximum absolute atomic E-state index is 11.7. The van der Waals surface area contributed by atoms with Gasteiger partial charge in [-0.15, -0.1) is 0 Å². The number of rotatable bonds is 9. The standard InChI is InChI=1S/C32H53NO3Si2/c1-24-15-16-25(2)28(23-24)29(34)33(21-22-35-37(11,12)30(3,4)5)32(9,10)26-17-19-27(20-18-26)36-38(13,14)31(6,7)8/h15-20,23,34H,2,21-22H2,1,3-14H3/b29-28-. The quantitative estimate of drug-likeness (QED) is 0.322. The zero-order valence-electron chi connectivity index (χ0n) is 26.4. The SMILES string of the molecule is C=c1ccc(C)c/c1=C(/O)N(CCO[Si](C)(C)C(C)(C)C)C(C)(C)c1ccc(O[Si](C)(C)C(C)(C)C)cc1. The van der Waals surface area contributed by atoms with Crippen LogP contribution in [-0.2, 0) is 9.96 Å². The lowest BCUT2D eigenvalue weighted by atomic mass is 9.92. The van der Waals surface area contributed by atoms with Gasteiger partial charge >= 0.3 is 0 Å². The second kappa shape index (κ2) is 11.2. The van der Waals surface area contributed by atoms with Gasteiger partial charge in [-0.1, -0.05) is 78.0 Å². The highest BCUT2D eigenvalue weighted by Crippen LogP contribution is 2.39. The van der Waals surface area contributed by atoms with Crippen molar-refractivity contribution < 1.29 is 14.0 Å². The molecule has 6 heteroatoms. The van der Waals surface area contributed by atoms with Gasteiger partial charge in [0.15, 0.2) is 14.2 Å². The maximum atomic E-state index is 11.7. The Hall–Kier alpha value is -2.03. The molecule has 0 unspecified atom stereocenters. The van der Waals surface area contributed by atoms with Crippen LogP contribution in [0.2, 0.25) is 36.3 Å². The first-order valence-electron chi connectivity index (χ1n) is 13.8. The molecule has 0 bridgehead atoms. The van der Waals surface area contributed by atoms with Crippen LogP contribution in [0.1, 0.15) is 66.5 Å². The highest BCUT2D eigenvalue weighted by Gasteiger charge is 2.40. The van der Waals surface area contributed by atoms with Gasteiger partial charge < -0.3 is 18.9 Å². The molecule has 2 aromatic rings. The van der Waals surface area contributed by atoms with E-state index in [2.05, 4.69) is 117 Å². The molecule has 38 heavy (non-hydrogen) atoms. The summed E-state index contributed by atoms with van der Waals surface area (Å²) >= 11 is 0. The van der Waals surface area contributed by atoms with Crippen LogP contribution >= 0.6 is 0 Å². The highest BCUT2D eigenvalue weighted by atomic mass is 28.4. The van der Waals surface area contributed by atoms with Gasteiger partial charge in [0.1, 0.15) is 5.75 Å². The molecule has 0 radical (unpaired) electrons. The summed E-state index contributed by atoms with van der Waals surface area (Å²) in [4.78, 5) is 2.06. The Morgan fingerprint density at radius 1 is 0.842 bits per heavy atom. The molecule has 0 aliphatic heterocycles. The fourth-order valence-electron chi connectivity index (χ4n) is 3.84. The Labute approximate surface area is 234 Å². The van der Waals surface area contributed by atoms with Crippen LogP contribution in [0.15, 0.2) is 42.5 Å². The third-order valence-corrected chi connectivity index (χ3v) is 17.7. The number of aliphatic hydroxyl groups excluding tert-OH is 1. The second-order valence-corrected chi connectivity index (χ2v) is 23.7. The topological polar surface area (TPSA) is 41.9 Å². The molecule has 0 heterocycles. The van der Waals surface area contributed by atoms with Crippen molar-refractivity contribution in [2.75, 3.05) is 13.2 Å². The van der Waals surface area contributed by atoms with Crippen molar-refractivity contribution in [2.24, 2.45) is 0 Å². The number of nitrogens with zero attached hydrogens (tertiary/aromatic N) is 1. The van der Waals surface area contributed by atoms with Gasteiger partial charge in [-0.2, -0.15) is 0 Å². The molecule has 0 saturated heterocycles. The van der Waals surface area contributed by atoms with E-state index in [0.29, 0.717) is 13.2 Å². The lowest BCUT2D eigenvalue weighted by Gasteiger charge is -2.42. The molecule has 0 saturated carbocycles. The summed E-state index contributed by atoms with van der Waals surface area (Å²) < 4.78 is 13.1. The van der Waals surface area contributed by atoms with Crippen molar-refractivity contribution in [1.29, 1.82) is 0 Å². The third kappa shape index (κ3) is 7.33. The summed E-state index contributed by atoms with van der Waals surface area (Å²) in [6.45, 7) is 34.2. The summed E-state index contributed by atoms with van der Waals surface area (Å²) in [5.41, 5.74) is 1.67. The summed E-state index contributed by atoms with van der Waals surface area (Å²) in [6.07, 6.45) is 0.